The molecule has 1 atom stereocenters. The molecule has 0 aliphatic carbocycles. The van der Waals surface area contributed by atoms with E-state index in [9.17, 15) is 14.0 Å². The Morgan fingerprint density at radius 3 is 2.90 bits per heavy atom. The molecular weight excluding hydrogens is 275 g/mol. The molecule has 1 unspecified atom stereocenters. The first kappa shape index (κ1) is 15.3. The molecule has 0 saturated carbocycles. The van der Waals surface area contributed by atoms with Gasteiger partial charge in [-0.15, -0.1) is 0 Å². The molecular formula is C15H19FN2O3. The number of benzene rings is 1. The number of carboxylic acid groups (broad SMARTS) is 1. The normalized spacial score (nSPS) is 18.3. The fourth-order valence-corrected chi connectivity index (χ4v) is 2.54. The zero-order chi connectivity index (χ0) is 15.2. The predicted octanol–water partition coefficient (Wildman–Crippen LogP) is 2.02. The highest BCUT2D eigenvalue weighted by Gasteiger charge is 2.31. The molecule has 1 heterocycles. The average Bonchev–Trinajstić information content (AvgIpc) is 2.47. The molecule has 0 aromatic heterocycles. The number of nitrogens with zero attached hydrogens (tertiary/aromatic N) is 1. The number of hydrogen-bond donors (Lipinski definition) is 2. The van der Waals surface area contributed by atoms with Gasteiger partial charge in [0.15, 0.2) is 0 Å². The van der Waals surface area contributed by atoms with Gasteiger partial charge in [-0.05, 0) is 43.4 Å². The lowest BCUT2D eigenvalue weighted by atomic mass is 10.0. The number of carbonyl (C=O) groups is 2. The van der Waals surface area contributed by atoms with Crippen LogP contribution in [-0.4, -0.2) is 41.1 Å². The summed E-state index contributed by atoms with van der Waals surface area (Å²) >= 11 is 0. The number of aliphatic carboxylic acids is 1. The smallest absolute Gasteiger partial charge is 0.326 e. The maximum atomic E-state index is 13.0. The highest BCUT2D eigenvalue weighted by Crippen LogP contribution is 2.17. The molecule has 1 fully saturated rings. The van der Waals surface area contributed by atoms with Crippen molar-refractivity contribution in [2.24, 2.45) is 0 Å². The lowest BCUT2D eigenvalue weighted by molar-refractivity contribution is -0.143. The summed E-state index contributed by atoms with van der Waals surface area (Å²) < 4.78 is 13.0. The van der Waals surface area contributed by atoms with E-state index in [2.05, 4.69) is 5.32 Å². The van der Waals surface area contributed by atoms with Crippen LogP contribution < -0.4 is 5.32 Å². The van der Waals surface area contributed by atoms with Crippen LogP contribution in [0.3, 0.4) is 0 Å². The molecule has 2 N–H and O–H groups in total. The molecule has 1 aromatic rings. The number of nitrogens with one attached hydrogen (secondary N) is 1. The van der Waals surface area contributed by atoms with Gasteiger partial charge < -0.3 is 15.3 Å². The second-order valence-electron chi connectivity index (χ2n) is 5.16. The maximum absolute atomic E-state index is 13.0. The van der Waals surface area contributed by atoms with Gasteiger partial charge in [-0.2, -0.15) is 0 Å². The van der Waals surface area contributed by atoms with Crippen molar-refractivity contribution in [3.63, 3.8) is 0 Å². The minimum absolute atomic E-state index is 0.305. The van der Waals surface area contributed by atoms with Gasteiger partial charge in [-0.1, -0.05) is 12.1 Å². The summed E-state index contributed by atoms with van der Waals surface area (Å²) in [5.74, 6) is -1.27. The summed E-state index contributed by atoms with van der Waals surface area (Å²) in [6, 6.07) is 5.10. The van der Waals surface area contributed by atoms with E-state index >= 15 is 0 Å². The Balaban J connectivity index is 1.84. The summed E-state index contributed by atoms with van der Waals surface area (Å²) in [7, 11) is 0. The van der Waals surface area contributed by atoms with Crippen LogP contribution in [0.2, 0.25) is 0 Å². The molecule has 6 heteroatoms. The van der Waals surface area contributed by atoms with Crippen molar-refractivity contribution in [3.8, 4) is 0 Å². The van der Waals surface area contributed by atoms with E-state index in [1.807, 2.05) is 0 Å². The Kier molecular flexibility index (Phi) is 5.14. The van der Waals surface area contributed by atoms with E-state index in [-0.39, 0.29) is 11.8 Å². The lowest BCUT2D eigenvalue weighted by Gasteiger charge is -2.32. The molecule has 1 saturated heterocycles. The van der Waals surface area contributed by atoms with Gasteiger partial charge in [0.05, 0.1) is 0 Å². The molecule has 2 rings (SSSR count). The van der Waals surface area contributed by atoms with Crippen molar-refractivity contribution in [2.45, 2.75) is 31.7 Å². The Hall–Kier alpha value is -2.11. The second-order valence-corrected chi connectivity index (χ2v) is 5.16. The highest BCUT2D eigenvalue weighted by atomic mass is 19.1. The fraction of sp³-hybridized carbons (Fsp3) is 0.467. The van der Waals surface area contributed by atoms with Gasteiger partial charge in [0.25, 0.3) is 0 Å². The van der Waals surface area contributed by atoms with Crippen LogP contribution in [-0.2, 0) is 11.2 Å². The number of hydrogen-bond acceptors (Lipinski definition) is 2. The number of rotatable bonds is 4. The van der Waals surface area contributed by atoms with Crippen LogP contribution in [0.25, 0.3) is 0 Å². The monoisotopic (exact) mass is 294 g/mol. The van der Waals surface area contributed by atoms with Gasteiger partial charge in [-0.3, -0.25) is 0 Å². The Labute approximate surface area is 122 Å². The molecule has 114 valence electrons. The topological polar surface area (TPSA) is 69.6 Å². The van der Waals surface area contributed by atoms with Crippen molar-refractivity contribution < 1.29 is 19.1 Å². The number of halogens is 1. The Morgan fingerprint density at radius 1 is 1.38 bits per heavy atom. The minimum atomic E-state index is -0.963. The average molecular weight is 294 g/mol. The standard InChI is InChI=1S/C15H19FN2O3/c16-12-5-3-4-11(10-12)7-8-17-15(21)18-9-2-1-6-13(18)14(19)20/h3-5,10,13H,1-2,6-9H2,(H,17,21)(H,19,20). The van der Waals surface area contributed by atoms with Gasteiger partial charge in [0.1, 0.15) is 11.9 Å². The van der Waals surface area contributed by atoms with E-state index in [1.165, 1.54) is 17.0 Å². The second kappa shape index (κ2) is 7.06. The maximum Gasteiger partial charge on any atom is 0.326 e. The summed E-state index contributed by atoms with van der Waals surface area (Å²) in [6.45, 7) is 0.813. The molecule has 1 aliphatic heterocycles. The number of urea groups is 1. The van der Waals surface area contributed by atoms with Gasteiger partial charge in [0.2, 0.25) is 0 Å². The summed E-state index contributed by atoms with van der Waals surface area (Å²) in [5.41, 5.74) is 0.795. The Morgan fingerprint density at radius 2 is 2.19 bits per heavy atom. The molecule has 0 bridgehead atoms. The predicted molar refractivity (Wildman–Crippen MR) is 75.5 cm³/mol. The molecule has 1 aromatic carbocycles. The highest BCUT2D eigenvalue weighted by molar-refractivity contribution is 5.82. The van der Waals surface area contributed by atoms with Crippen molar-refractivity contribution in [1.82, 2.24) is 10.2 Å². The zero-order valence-electron chi connectivity index (χ0n) is 11.7. The van der Waals surface area contributed by atoms with E-state index in [0.29, 0.717) is 25.9 Å². The number of amides is 2. The molecule has 0 radical (unpaired) electrons. The van der Waals surface area contributed by atoms with Crippen molar-refractivity contribution in [1.29, 1.82) is 0 Å². The zero-order valence-corrected chi connectivity index (χ0v) is 11.7. The van der Waals surface area contributed by atoms with E-state index in [0.717, 1.165) is 18.4 Å². The fourth-order valence-electron chi connectivity index (χ4n) is 2.54. The van der Waals surface area contributed by atoms with Gasteiger partial charge in [0, 0.05) is 13.1 Å². The quantitative estimate of drug-likeness (QED) is 0.892. The third kappa shape index (κ3) is 4.18. The van der Waals surface area contributed by atoms with Gasteiger partial charge >= 0.3 is 12.0 Å². The number of likely N-dealkylation sites (tertiary alicyclic amines) is 1. The molecule has 21 heavy (non-hydrogen) atoms. The lowest BCUT2D eigenvalue weighted by Crippen LogP contribution is -2.52. The number of carboxylic acids is 1. The molecule has 0 spiro atoms. The summed E-state index contributed by atoms with van der Waals surface area (Å²) in [6.07, 6.45) is 2.65. The number of carbonyl (C=O) groups excluding carboxylic acids is 1. The van der Waals surface area contributed by atoms with Crippen molar-refractivity contribution in [3.05, 3.63) is 35.6 Å². The molecule has 1 aliphatic rings. The largest absolute Gasteiger partial charge is 0.480 e. The van der Waals surface area contributed by atoms with Crippen LogP contribution in [0.1, 0.15) is 24.8 Å². The van der Waals surface area contributed by atoms with Crippen LogP contribution in [0, 0.1) is 5.82 Å². The third-order valence-corrected chi connectivity index (χ3v) is 3.63. The summed E-state index contributed by atoms with van der Waals surface area (Å²) in [5, 5.41) is 11.8. The minimum Gasteiger partial charge on any atom is -0.480 e. The van der Waals surface area contributed by atoms with Crippen LogP contribution in [0.15, 0.2) is 24.3 Å². The molecule has 5 nitrogen and oxygen atoms in total. The van der Waals surface area contributed by atoms with Crippen molar-refractivity contribution >= 4 is 12.0 Å². The third-order valence-electron chi connectivity index (χ3n) is 3.63. The number of piperidine rings is 1. The van der Waals surface area contributed by atoms with Gasteiger partial charge in [-0.25, -0.2) is 14.0 Å². The first-order chi connectivity index (χ1) is 10.1. The SMILES string of the molecule is O=C(O)C1CCCCN1C(=O)NCCc1cccc(F)c1. The van der Waals surface area contributed by atoms with E-state index < -0.39 is 12.0 Å². The van der Waals surface area contributed by atoms with E-state index in [1.54, 1.807) is 12.1 Å². The van der Waals surface area contributed by atoms with Crippen molar-refractivity contribution in [2.75, 3.05) is 13.1 Å². The Bertz CT molecular complexity index is 521. The first-order valence-corrected chi connectivity index (χ1v) is 7.09. The van der Waals surface area contributed by atoms with Crippen LogP contribution >= 0.6 is 0 Å². The molecule has 2 amide bonds. The summed E-state index contributed by atoms with van der Waals surface area (Å²) in [4.78, 5) is 24.6. The van der Waals surface area contributed by atoms with Crippen LogP contribution in [0.5, 0.6) is 0 Å². The first-order valence-electron chi connectivity index (χ1n) is 7.09. The van der Waals surface area contributed by atoms with E-state index in [4.69, 9.17) is 5.11 Å². The van der Waals surface area contributed by atoms with Crippen LogP contribution in [0.4, 0.5) is 9.18 Å².